The molecule has 0 saturated carbocycles. The molecule has 1 atom stereocenters. The molecule has 0 aliphatic carbocycles. The van der Waals surface area contributed by atoms with Crippen LogP contribution in [-0.2, 0) is 0 Å². The van der Waals surface area contributed by atoms with Crippen molar-refractivity contribution in [2.75, 3.05) is 12.4 Å². The topological polar surface area (TPSA) is 64.4 Å². The van der Waals surface area contributed by atoms with Crippen molar-refractivity contribution in [2.45, 2.75) is 25.8 Å². The quantitative estimate of drug-likeness (QED) is 0.458. The number of rotatable bonds is 7. The zero-order valence-electron chi connectivity index (χ0n) is 10.7. The van der Waals surface area contributed by atoms with E-state index in [9.17, 15) is 10.1 Å². The smallest absolute Gasteiger partial charge is 0.271 e. The average Bonchev–Trinajstić information content (AvgIpc) is 2.36. The number of nitrogens with one attached hydrogen (secondary N) is 1. The number of hydrogen-bond acceptors (Lipinski definition) is 4. The number of non-ortho nitro benzene ring substituents is 1. The molecule has 0 bridgehead atoms. The highest BCUT2D eigenvalue weighted by atomic mass is 16.6. The Balaban J connectivity index is 2.87. The Kier molecular flexibility index (Phi) is 5.17. The highest BCUT2D eigenvalue weighted by Gasteiger charge is 2.12. The van der Waals surface area contributed by atoms with Gasteiger partial charge in [-0.05, 0) is 25.8 Å². The number of hydrogen-bond donors (Lipinski definition) is 1. The van der Waals surface area contributed by atoms with E-state index in [1.165, 1.54) is 12.1 Å². The molecule has 0 radical (unpaired) electrons. The molecule has 98 valence electrons. The Morgan fingerprint density at radius 2 is 2.33 bits per heavy atom. The number of nitro benzene ring substituents is 1. The van der Waals surface area contributed by atoms with Crippen molar-refractivity contribution in [3.05, 3.63) is 41.0 Å². The fourth-order valence-corrected chi connectivity index (χ4v) is 1.63. The first-order chi connectivity index (χ1) is 8.58. The largest absolute Gasteiger partial charge is 0.495 e. The lowest BCUT2D eigenvalue weighted by molar-refractivity contribution is -0.384. The molecule has 1 N–H and O–H groups in total. The van der Waals surface area contributed by atoms with Gasteiger partial charge in [-0.15, -0.1) is 6.58 Å². The maximum atomic E-state index is 10.7. The second-order valence-electron chi connectivity index (χ2n) is 4.05. The fourth-order valence-electron chi connectivity index (χ4n) is 1.63. The van der Waals surface area contributed by atoms with E-state index < -0.39 is 4.92 Å². The summed E-state index contributed by atoms with van der Waals surface area (Å²) in [6, 6.07) is 4.71. The Hall–Kier alpha value is -2.04. The summed E-state index contributed by atoms with van der Waals surface area (Å²) < 4.78 is 5.18. The van der Waals surface area contributed by atoms with Crippen molar-refractivity contribution in [3.63, 3.8) is 0 Å². The Bertz CT molecular complexity index is 432. The molecule has 0 fully saturated rings. The molecule has 5 heteroatoms. The van der Waals surface area contributed by atoms with Crippen molar-refractivity contribution in [2.24, 2.45) is 0 Å². The van der Waals surface area contributed by atoms with Gasteiger partial charge in [0.15, 0.2) is 0 Å². The van der Waals surface area contributed by atoms with Gasteiger partial charge >= 0.3 is 0 Å². The zero-order chi connectivity index (χ0) is 13.5. The minimum Gasteiger partial charge on any atom is -0.495 e. The predicted molar refractivity (Wildman–Crippen MR) is 72.2 cm³/mol. The number of benzene rings is 1. The van der Waals surface area contributed by atoms with Crippen molar-refractivity contribution >= 4 is 11.4 Å². The predicted octanol–water partition coefficient (Wildman–Crippen LogP) is 3.37. The van der Waals surface area contributed by atoms with Crippen LogP contribution in [0.5, 0.6) is 5.75 Å². The molecule has 0 spiro atoms. The van der Waals surface area contributed by atoms with Crippen LogP contribution in [0.3, 0.4) is 0 Å². The number of nitro groups is 1. The van der Waals surface area contributed by atoms with Gasteiger partial charge in [0.25, 0.3) is 5.69 Å². The minimum absolute atomic E-state index is 0.0502. The lowest BCUT2D eigenvalue weighted by Gasteiger charge is -2.16. The summed E-state index contributed by atoms with van der Waals surface area (Å²) in [5.74, 6) is 0.603. The SMILES string of the molecule is C=CCCC(C)Nc1cc([N+](=O)[O-])ccc1OC. The van der Waals surface area contributed by atoms with E-state index in [1.807, 2.05) is 13.0 Å². The van der Waals surface area contributed by atoms with Crippen molar-refractivity contribution < 1.29 is 9.66 Å². The first-order valence-electron chi connectivity index (χ1n) is 5.78. The molecule has 1 rings (SSSR count). The van der Waals surface area contributed by atoms with E-state index in [-0.39, 0.29) is 11.7 Å². The zero-order valence-corrected chi connectivity index (χ0v) is 10.7. The van der Waals surface area contributed by atoms with Crippen LogP contribution in [0.1, 0.15) is 19.8 Å². The second kappa shape index (κ2) is 6.64. The van der Waals surface area contributed by atoms with Gasteiger partial charge in [0.2, 0.25) is 0 Å². The summed E-state index contributed by atoms with van der Waals surface area (Å²) in [7, 11) is 1.54. The van der Waals surface area contributed by atoms with Crippen LogP contribution in [0.25, 0.3) is 0 Å². The Morgan fingerprint density at radius 3 is 2.89 bits per heavy atom. The summed E-state index contributed by atoms with van der Waals surface area (Å²) in [5, 5.41) is 13.9. The number of allylic oxidation sites excluding steroid dienone is 1. The van der Waals surface area contributed by atoms with E-state index in [4.69, 9.17) is 4.74 Å². The normalized spacial score (nSPS) is 11.7. The molecule has 1 aromatic rings. The third-order valence-corrected chi connectivity index (χ3v) is 2.60. The molecular formula is C13H18N2O3. The van der Waals surface area contributed by atoms with Gasteiger partial charge in [0.05, 0.1) is 17.7 Å². The summed E-state index contributed by atoms with van der Waals surface area (Å²) >= 11 is 0. The number of ether oxygens (including phenoxy) is 1. The molecule has 0 aliphatic rings. The van der Waals surface area contributed by atoms with Crippen LogP contribution in [0.15, 0.2) is 30.9 Å². The lowest BCUT2D eigenvalue weighted by Crippen LogP contribution is -2.15. The highest BCUT2D eigenvalue weighted by molar-refractivity contribution is 5.61. The van der Waals surface area contributed by atoms with Gasteiger partial charge in [-0.25, -0.2) is 0 Å². The molecule has 1 aromatic carbocycles. The van der Waals surface area contributed by atoms with Crippen LogP contribution in [0, 0.1) is 10.1 Å². The van der Waals surface area contributed by atoms with Crippen LogP contribution in [0.2, 0.25) is 0 Å². The molecule has 0 amide bonds. The molecule has 5 nitrogen and oxygen atoms in total. The average molecular weight is 250 g/mol. The maximum Gasteiger partial charge on any atom is 0.271 e. The lowest BCUT2D eigenvalue weighted by atomic mass is 10.1. The first kappa shape index (κ1) is 14.0. The van der Waals surface area contributed by atoms with Gasteiger partial charge < -0.3 is 10.1 Å². The fraction of sp³-hybridized carbons (Fsp3) is 0.385. The number of nitrogens with zero attached hydrogens (tertiary/aromatic N) is 1. The van der Waals surface area contributed by atoms with Crippen molar-refractivity contribution in [3.8, 4) is 5.75 Å². The second-order valence-corrected chi connectivity index (χ2v) is 4.05. The van der Waals surface area contributed by atoms with Crippen LogP contribution >= 0.6 is 0 Å². The van der Waals surface area contributed by atoms with Gasteiger partial charge in [-0.2, -0.15) is 0 Å². The molecular weight excluding hydrogens is 232 g/mol. The standard InChI is InChI=1S/C13H18N2O3/c1-4-5-6-10(2)14-12-9-11(15(16)17)7-8-13(12)18-3/h4,7-10,14H,1,5-6H2,2-3H3. The molecule has 0 aliphatic heterocycles. The molecule has 0 saturated heterocycles. The summed E-state index contributed by atoms with van der Waals surface area (Å²) in [6.07, 6.45) is 3.66. The van der Waals surface area contributed by atoms with E-state index in [0.29, 0.717) is 11.4 Å². The number of methoxy groups -OCH3 is 1. The van der Waals surface area contributed by atoms with Crippen molar-refractivity contribution in [1.29, 1.82) is 0 Å². The van der Waals surface area contributed by atoms with Gasteiger partial charge in [-0.3, -0.25) is 10.1 Å². The molecule has 1 unspecified atom stereocenters. The summed E-state index contributed by atoms with van der Waals surface area (Å²) in [5.41, 5.74) is 0.692. The van der Waals surface area contributed by atoms with E-state index >= 15 is 0 Å². The molecule has 0 aromatic heterocycles. The van der Waals surface area contributed by atoms with E-state index in [0.717, 1.165) is 12.8 Å². The Morgan fingerprint density at radius 1 is 1.61 bits per heavy atom. The van der Waals surface area contributed by atoms with Crippen LogP contribution in [0.4, 0.5) is 11.4 Å². The number of anilines is 1. The minimum atomic E-state index is -0.418. The maximum absolute atomic E-state index is 10.7. The third kappa shape index (κ3) is 3.76. The third-order valence-electron chi connectivity index (χ3n) is 2.60. The van der Waals surface area contributed by atoms with Crippen LogP contribution in [-0.4, -0.2) is 18.1 Å². The van der Waals surface area contributed by atoms with Crippen molar-refractivity contribution in [1.82, 2.24) is 0 Å². The summed E-state index contributed by atoms with van der Waals surface area (Å²) in [6.45, 7) is 5.68. The van der Waals surface area contributed by atoms with Gasteiger partial charge in [0, 0.05) is 18.2 Å². The monoisotopic (exact) mass is 250 g/mol. The van der Waals surface area contributed by atoms with E-state index in [2.05, 4.69) is 11.9 Å². The molecule has 18 heavy (non-hydrogen) atoms. The van der Waals surface area contributed by atoms with E-state index in [1.54, 1.807) is 13.2 Å². The van der Waals surface area contributed by atoms with Gasteiger partial charge in [-0.1, -0.05) is 6.08 Å². The first-order valence-corrected chi connectivity index (χ1v) is 5.78. The Labute approximate surface area is 107 Å². The highest BCUT2D eigenvalue weighted by Crippen LogP contribution is 2.29. The van der Waals surface area contributed by atoms with Crippen LogP contribution < -0.4 is 10.1 Å². The van der Waals surface area contributed by atoms with Gasteiger partial charge in [0.1, 0.15) is 5.75 Å². The summed E-state index contributed by atoms with van der Waals surface area (Å²) in [4.78, 5) is 10.3. The molecule has 0 heterocycles.